The zero-order valence-corrected chi connectivity index (χ0v) is 13.9. The van der Waals surface area contributed by atoms with E-state index in [-0.39, 0.29) is 12.0 Å². The van der Waals surface area contributed by atoms with Gasteiger partial charge in [0.1, 0.15) is 0 Å². The average Bonchev–Trinajstić information content (AvgIpc) is 2.47. The number of carbonyl (C=O) groups excluding carboxylic acids is 2. The SMILES string of the molecule is COC(=O)CCC(C)CCNC(=O)Nc1ccc(Br)cc1. The molecule has 0 aliphatic carbocycles. The van der Waals surface area contributed by atoms with Gasteiger partial charge in [0.25, 0.3) is 0 Å². The van der Waals surface area contributed by atoms with Gasteiger partial charge in [-0.2, -0.15) is 0 Å². The largest absolute Gasteiger partial charge is 0.469 e. The van der Waals surface area contributed by atoms with Gasteiger partial charge >= 0.3 is 12.0 Å². The summed E-state index contributed by atoms with van der Waals surface area (Å²) in [5.74, 6) is 0.167. The molecule has 2 N–H and O–H groups in total. The van der Waals surface area contributed by atoms with Gasteiger partial charge < -0.3 is 15.4 Å². The molecular formula is C15H21BrN2O3. The van der Waals surface area contributed by atoms with Crippen molar-refractivity contribution >= 4 is 33.6 Å². The summed E-state index contributed by atoms with van der Waals surface area (Å²) in [7, 11) is 1.39. The van der Waals surface area contributed by atoms with Crippen molar-refractivity contribution in [1.82, 2.24) is 5.32 Å². The Hall–Kier alpha value is -1.56. The van der Waals surface area contributed by atoms with Crippen molar-refractivity contribution in [2.45, 2.75) is 26.2 Å². The number of esters is 1. The van der Waals surface area contributed by atoms with Crippen LogP contribution in [-0.2, 0) is 9.53 Å². The number of anilines is 1. The molecule has 0 heterocycles. The molecule has 1 aromatic carbocycles. The normalized spacial score (nSPS) is 11.6. The van der Waals surface area contributed by atoms with Gasteiger partial charge in [0.15, 0.2) is 0 Å². The summed E-state index contributed by atoms with van der Waals surface area (Å²) < 4.78 is 5.56. The van der Waals surface area contributed by atoms with Crippen LogP contribution in [0.25, 0.3) is 0 Å². The monoisotopic (exact) mass is 356 g/mol. The number of rotatable bonds is 7. The first kappa shape index (κ1) is 17.5. The number of amides is 2. The van der Waals surface area contributed by atoms with E-state index in [1.807, 2.05) is 24.3 Å². The summed E-state index contributed by atoms with van der Waals surface area (Å²) in [5.41, 5.74) is 0.745. The number of hydrogen-bond acceptors (Lipinski definition) is 3. The minimum atomic E-state index is -0.225. The second-order valence-electron chi connectivity index (χ2n) is 4.90. The number of hydrogen-bond donors (Lipinski definition) is 2. The van der Waals surface area contributed by atoms with Crippen molar-refractivity contribution in [2.75, 3.05) is 19.0 Å². The molecule has 0 saturated heterocycles. The highest BCUT2D eigenvalue weighted by Gasteiger charge is 2.07. The van der Waals surface area contributed by atoms with Crippen LogP contribution in [0.1, 0.15) is 26.2 Å². The maximum atomic E-state index is 11.7. The molecular weight excluding hydrogens is 336 g/mol. The fraction of sp³-hybridized carbons (Fsp3) is 0.467. The quantitative estimate of drug-likeness (QED) is 0.734. The van der Waals surface area contributed by atoms with Crippen molar-refractivity contribution in [1.29, 1.82) is 0 Å². The molecule has 0 aromatic heterocycles. The third kappa shape index (κ3) is 7.70. The molecule has 1 rings (SSSR count). The Labute approximate surface area is 133 Å². The Morgan fingerprint density at radius 1 is 1.24 bits per heavy atom. The molecule has 1 unspecified atom stereocenters. The van der Waals surface area contributed by atoms with Crippen molar-refractivity contribution in [3.63, 3.8) is 0 Å². The maximum Gasteiger partial charge on any atom is 0.319 e. The van der Waals surface area contributed by atoms with Crippen LogP contribution in [0.4, 0.5) is 10.5 Å². The zero-order valence-electron chi connectivity index (χ0n) is 12.3. The highest BCUT2D eigenvalue weighted by atomic mass is 79.9. The van der Waals surface area contributed by atoms with E-state index in [9.17, 15) is 9.59 Å². The summed E-state index contributed by atoms with van der Waals surface area (Å²) in [4.78, 5) is 22.7. The molecule has 0 aliphatic heterocycles. The lowest BCUT2D eigenvalue weighted by atomic mass is 10.0. The van der Waals surface area contributed by atoms with E-state index >= 15 is 0 Å². The molecule has 0 saturated carbocycles. The van der Waals surface area contributed by atoms with E-state index in [1.54, 1.807) is 0 Å². The molecule has 21 heavy (non-hydrogen) atoms. The van der Waals surface area contributed by atoms with Crippen molar-refractivity contribution < 1.29 is 14.3 Å². The Bertz CT molecular complexity index is 462. The Morgan fingerprint density at radius 3 is 2.52 bits per heavy atom. The molecule has 116 valence electrons. The second kappa shape index (κ2) is 9.39. The van der Waals surface area contributed by atoms with Crippen LogP contribution in [0.5, 0.6) is 0 Å². The summed E-state index contributed by atoms with van der Waals surface area (Å²) in [5, 5.41) is 5.56. The van der Waals surface area contributed by atoms with Crippen LogP contribution in [0.15, 0.2) is 28.7 Å². The van der Waals surface area contributed by atoms with E-state index in [0.29, 0.717) is 18.9 Å². The first-order valence-electron chi connectivity index (χ1n) is 6.88. The van der Waals surface area contributed by atoms with Crippen molar-refractivity contribution in [3.05, 3.63) is 28.7 Å². The fourth-order valence-corrected chi connectivity index (χ4v) is 2.02. The molecule has 0 aliphatic rings. The van der Waals surface area contributed by atoms with Gasteiger partial charge in [-0.25, -0.2) is 4.79 Å². The van der Waals surface area contributed by atoms with Crippen LogP contribution < -0.4 is 10.6 Å². The maximum absolute atomic E-state index is 11.7. The lowest BCUT2D eigenvalue weighted by Gasteiger charge is -2.12. The van der Waals surface area contributed by atoms with Gasteiger partial charge in [0.2, 0.25) is 0 Å². The van der Waals surface area contributed by atoms with Crippen LogP contribution in [-0.4, -0.2) is 25.7 Å². The molecule has 6 heteroatoms. The van der Waals surface area contributed by atoms with E-state index in [2.05, 4.69) is 38.2 Å². The summed E-state index contributed by atoms with van der Waals surface area (Å²) in [6.07, 6.45) is 2.01. The van der Waals surface area contributed by atoms with Crippen molar-refractivity contribution in [3.8, 4) is 0 Å². The predicted molar refractivity (Wildman–Crippen MR) is 86.2 cm³/mol. The summed E-state index contributed by atoms with van der Waals surface area (Å²) >= 11 is 3.34. The van der Waals surface area contributed by atoms with E-state index in [1.165, 1.54) is 7.11 Å². The molecule has 0 fully saturated rings. The first-order valence-corrected chi connectivity index (χ1v) is 7.67. The van der Waals surface area contributed by atoms with Gasteiger partial charge in [0, 0.05) is 23.1 Å². The predicted octanol–water partition coefficient (Wildman–Crippen LogP) is 3.55. The molecule has 0 spiro atoms. The molecule has 1 aromatic rings. The number of carbonyl (C=O) groups is 2. The van der Waals surface area contributed by atoms with Crippen molar-refractivity contribution in [2.24, 2.45) is 5.92 Å². The van der Waals surface area contributed by atoms with Gasteiger partial charge in [-0.1, -0.05) is 22.9 Å². The molecule has 0 bridgehead atoms. The zero-order chi connectivity index (χ0) is 15.7. The minimum absolute atomic E-state index is 0.192. The number of nitrogens with one attached hydrogen (secondary N) is 2. The van der Waals surface area contributed by atoms with Gasteiger partial charge in [0.05, 0.1) is 7.11 Å². The third-order valence-electron chi connectivity index (χ3n) is 3.09. The van der Waals surface area contributed by atoms with Gasteiger partial charge in [-0.05, 0) is 43.0 Å². The van der Waals surface area contributed by atoms with Crippen LogP contribution in [0.2, 0.25) is 0 Å². The number of benzene rings is 1. The summed E-state index contributed by atoms with van der Waals surface area (Å²) in [6.45, 7) is 2.63. The van der Waals surface area contributed by atoms with E-state index < -0.39 is 0 Å². The number of ether oxygens (including phenoxy) is 1. The highest BCUT2D eigenvalue weighted by molar-refractivity contribution is 9.10. The fourth-order valence-electron chi connectivity index (χ4n) is 1.75. The number of urea groups is 1. The molecule has 2 amide bonds. The smallest absolute Gasteiger partial charge is 0.319 e. The van der Waals surface area contributed by atoms with Crippen LogP contribution in [0.3, 0.4) is 0 Å². The third-order valence-corrected chi connectivity index (χ3v) is 3.62. The lowest BCUT2D eigenvalue weighted by molar-refractivity contribution is -0.140. The highest BCUT2D eigenvalue weighted by Crippen LogP contribution is 2.14. The molecule has 5 nitrogen and oxygen atoms in total. The van der Waals surface area contributed by atoms with Crippen LogP contribution in [0, 0.1) is 5.92 Å². The molecule has 1 atom stereocenters. The standard InChI is InChI=1S/C15H21BrN2O3/c1-11(3-8-14(19)21-2)9-10-17-15(20)18-13-6-4-12(16)5-7-13/h4-7,11H,3,8-10H2,1-2H3,(H2,17,18,20). The average molecular weight is 357 g/mol. The second-order valence-corrected chi connectivity index (χ2v) is 5.81. The van der Waals surface area contributed by atoms with E-state index in [0.717, 1.165) is 23.0 Å². The van der Waals surface area contributed by atoms with Gasteiger partial charge in [-0.3, -0.25) is 4.79 Å². The van der Waals surface area contributed by atoms with Gasteiger partial charge in [-0.15, -0.1) is 0 Å². The topological polar surface area (TPSA) is 67.4 Å². The summed E-state index contributed by atoms with van der Waals surface area (Å²) in [6, 6.07) is 7.15. The van der Waals surface area contributed by atoms with E-state index in [4.69, 9.17) is 0 Å². The Kier molecular flexibility index (Phi) is 7.82. The van der Waals surface area contributed by atoms with Crippen LogP contribution >= 0.6 is 15.9 Å². The number of halogens is 1. The Morgan fingerprint density at radius 2 is 1.90 bits per heavy atom. The Balaban J connectivity index is 2.18. The molecule has 0 radical (unpaired) electrons. The first-order chi connectivity index (χ1) is 10.0. The number of methoxy groups -OCH3 is 1. The lowest BCUT2D eigenvalue weighted by Crippen LogP contribution is -2.30. The minimum Gasteiger partial charge on any atom is -0.469 e.